The minimum atomic E-state index is -0.557. The summed E-state index contributed by atoms with van der Waals surface area (Å²) in [7, 11) is 0. The smallest absolute Gasteiger partial charge is 0.107 e. The van der Waals surface area contributed by atoms with Crippen LogP contribution in [0, 0.1) is 0 Å². The topological polar surface area (TPSA) is 50.9 Å². The summed E-state index contributed by atoms with van der Waals surface area (Å²) in [5, 5.41) is 18.1. The van der Waals surface area contributed by atoms with Crippen LogP contribution in [0.5, 0.6) is 0 Å². The molecule has 2 aromatic rings. The van der Waals surface area contributed by atoms with Gasteiger partial charge in [0.2, 0.25) is 0 Å². The summed E-state index contributed by atoms with van der Waals surface area (Å²) in [4.78, 5) is 1.12. The van der Waals surface area contributed by atoms with E-state index in [2.05, 4.69) is 33.2 Å². The minimum Gasteiger partial charge on any atom is -0.386 e. The molecule has 0 saturated carbocycles. The summed E-state index contributed by atoms with van der Waals surface area (Å²) in [5.74, 6) is 0.583. The second-order valence-electron chi connectivity index (χ2n) is 4.14. The highest BCUT2D eigenvalue weighted by atomic mass is 79.9. The van der Waals surface area contributed by atoms with Gasteiger partial charge in [0.15, 0.2) is 0 Å². The summed E-state index contributed by atoms with van der Waals surface area (Å²) in [6, 6.07) is 7.99. The number of aromatic nitrogens is 3. The van der Waals surface area contributed by atoms with Crippen molar-refractivity contribution in [2.24, 2.45) is 0 Å². The third-order valence-electron chi connectivity index (χ3n) is 2.66. The van der Waals surface area contributed by atoms with Crippen molar-refractivity contribution >= 4 is 27.7 Å². The Morgan fingerprint density at radius 1 is 1.42 bits per heavy atom. The molecule has 4 nitrogen and oxygen atoms in total. The van der Waals surface area contributed by atoms with Crippen molar-refractivity contribution in [2.45, 2.75) is 30.9 Å². The molecule has 0 aliphatic carbocycles. The lowest BCUT2D eigenvalue weighted by molar-refractivity contribution is 0.191. The zero-order chi connectivity index (χ0) is 13.7. The third kappa shape index (κ3) is 3.81. The second-order valence-corrected chi connectivity index (χ2v) is 6.06. The van der Waals surface area contributed by atoms with Gasteiger partial charge in [-0.05, 0) is 34.5 Å². The van der Waals surface area contributed by atoms with E-state index in [0.717, 1.165) is 28.0 Å². The van der Waals surface area contributed by atoms with E-state index in [0.29, 0.717) is 5.75 Å². The van der Waals surface area contributed by atoms with Gasteiger partial charge in [-0.15, -0.1) is 16.9 Å². The van der Waals surface area contributed by atoms with E-state index in [1.165, 1.54) is 0 Å². The lowest BCUT2D eigenvalue weighted by Gasteiger charge is -2.12. The average molecular weight is 342 g/mol. The van der Waals surface area contributed by atoms with E-state index in [1.807, 2.05) is 24.3 Å². The lowest BCUT2D eigenvalue weighted by atomic mass is 10.3. The number of aliphatic hydroxyl groups is 1. The molecular weight excluding hydrogens is 326 g/mol. The first-order valence-electron chi connectivity index (χ1n) is 6.16. The molecule has 0 spiro atoms. The molecule has 6 heteroatoms. The van der Waals surface area contributed by atoms with Crippen molar-refractivity contribution < 1.29 is 5.11 Å². The van der Waals surface area contributed by atoms with Gasteiger partial charge in [-0.25, -0.2) is 4.68 Å². The van der Waals surface area contributed by atoms with Crippen LogP contribution >= 0.6 is 27.7 Å². The molecule has 0 aliphatic rings. The first-order valence-corrected chi connectivity index (χ1v) is 7.94. The van der Waals surface area contributed by atoms with Crippen molar-refractivity contribution in [1.82, 2.24) is 15.0 Å². The molecule has 1 atom stereocenters. The van der Waals surface area contributed by atoms with Crippen LogP contribution in [-0.2, 0) is 6.54 Å². The van der Waals surface area contributed by atoms with Crippen molar-refractivity contribution in [3.8, 4) is 0 Å². The zero-order valence-corrected chi connectivity index (χ0v) is 13.1. The maximum atomic E-state index is 10.2. The predicted octanol–water partition coefficient (Wildman–Crippen LogP) is 3.28. The van der Waals surface area contributed by atoms with Crippen LogP contribution in [0.15, 0.2) is 39.8 Å². The Labute approximate surface area is 125 Å². The Morgan fingerprint density at radius 3 is 2.95 bits per heavy atom. The Morgan fingerprint density at radius 2 is 2.21 bits per heavy atom. The van der Waals surface area contributed by atoms with Crippen LogP contribution in [0.3, 0.4) is 0 Å². The fourth-order valence-corrected chi connectivity index (χ4v) is 3.24. The molecular formula is C13H16BrN3OS. The number of aliphatic hydroxyl groups excluding tert-OH is 1. The van der Waals surface area contributed by atoms with Crippen LogP contribution in [-0.4, -0.2) is 25.9 Å². The quantitative estimate of drug-likeness (QED) is 0.819. The Hall–Kier alpha value is -0.850. The summed E-state index contributed by atoms with van der Waals surface area (Å²) < 4.78 is 2.82. The first-order chi connectivity index (χ1) is 9.22. The number of rotatable bonds is 6. The number of hydrogen-bond donors (Lipinski definition) is 1. The maximum Gasteiger partial charge on any atom is 0.107 e. The van der Waals surface area contributed by atoms with E-state index in [4.69, 9.17) is 0 Å². The number of aryl methyl sites for hydroxylation is 1. The summed E-state index contributed by atoms with van der Waals surface area (Å²) >= 11 is 5.12. The van der Waals surface area contributed by atoms with E-state index in [1.54, 1.807) is 22.6 Å². The zero-order valence-electron chi connectivity index (χ0n) is 10.7. The predicted molar refractivity (Wildman–Crippen MR) is 80.1 cm³/mol. The molecule has 0 saturated heterocycles. The standard InChI is InChI=1S/C13H16BrN3OS/c1-2-7-17-11(8-15-16-17)12(18)9-19-13-6-4-3-5-10(13)14/h3-6,8,12,18H,2,7,9H2,1H3. The van der Waals surface area contributed by atoms with Crippen LogP contribution in [0.1, 0.15) is 25.1 Å². The third-order valence-corrected chi connectivity index (χ3v) is 4.76. The highest BCUT2D eigenvalue weighted by Crippen LogP contribution is 2.30. The highest BCUT2D eigenvalue weighted by molar-refractivity contribution is 9.10. The number of thioether (sulfide) groups is 1. The molecule has 0 fully saturated rings. The molecule has 0 aliphatic heterocycles. The van der Waals surface area contributed by atoms with Crippen molar-refractivity contribution in [1.29, 1.82) is 0 Å². The lowest BCUT2D eigenvalue weighted by Crippen LogP contribution is -2.10. The largest absolute Gasteiger partial charge is 0.386 e. The van der Waals surface area contributed by atoms with E-state index in [-0.39, 0.29) is 0 Å². The SMILES string of the molecule is CCCn1nncc1C(O)CSc1ccccc1Br. The Kier molecular flexibility index (Phi) is 5.42. The van der Waals surface area contributed by atoms with Gasteiger partial charge >= 0.3 is 0 Å². The molecule has 1 aromatic carbocycles. The molecule has 1 aromatic heterocycles. The highest BCUT2D eigenvalue weighted by Gasteiger charge is 2.14. The molecule has 1 heterocycles. The fourth-order valence-electron chi connectivity index (χ4n) is 1.73. The van der Waals surface area contributed by atoms with Crippen molar-refractivity contribution in [2.75, 3.05) is 5.75 Å². The Balaban J connectivity index is 1.99. The number of nitrogens with zero attached hydrogens (tertiary/aromatic N) is 3. The van der Waals surface area contributed by atoms with Crippen LogP contribution < -0.4 is 0 Å². The summed E-state index contributed by atoms with van der Waals surface area (Å²) in [6.07, 6.45) is 2.06. The normalized spacial score (nSPS) is 12.6. The fraction of sp³-hybridized carbons (Fsp3) is 0.385. The van der Waals surface area contributed by atoms with Crippen LogP contribution in [0.2, 0.25) is 0 Å². The molecule has 1 N–H and O–H groups in total. The van der Waals surface area contributed by atoms with Gasteiger partial charge in [0.1, 0.15) is 6.10 Å². The van der Waals surface area contributed by atoms with Gasteiger partial charge in [-0.1, -0.05) is 24.3 Å². The molecule has 102 valence electrons. The van der Waals surface area contributed by atoms with E-state index in [9.17, 15) is 5.11 Å². The number of hydrogen-bond acceptors (Lipinski definition) is 4. The Bertz CT molecular complexity index is 532. The van der Waals surface area contributed by atoms with Crippen molar-refractivity contribution in [3.05, 3.63) is 40.6 Å². The van der Waals surface area contributed by atoms with Gasteiger partial charge in [-0.2, -0.15) is 0 Å². The van der Waals surface area contributed by atoms with Gasteiger partial charge in [0.05, 0.1) is 11.9 Å². The molecule has 0 radical (unpaired) electrons. The molecule has 19 heavy (non-hydrogen) atoms. The van der Waals surface area contributed by atoms with Gasteiger partial charge in [0, 0.05) is 21.7 Å². The molecule has 2 rings (SSSR count). The number of benzene rings is 1. The van der Waals surface area contributed by atoms with E-state index < -0.39 is 6.10 Å². The molecule has 0 bridgehead atoms. The first kappa shape index (κ1) is 14.6. The average Bonchev–Trinajstić information content (AvgIpc) is 2.86. The maximum absolute atomic E-state index is 10.2. The van der Waals surface area contributed by atoms with Gasteiger partial charge in [0.25, 0.3) is 0 Å². The second kappa shape index (κ2) is 7.07. The molecule has 0 amide bonds. The van der Waals surface area contributed by atoms with Crippen molar-refractivity contribution in [3.63, 3.8) is 0 Å². The summed E-state index contributed by atoms with van der Waals surface area (Å²) in [5.41, 5.74) is 0.779. The summed E-state index contributed by atoms with van der Waals surface area (Å²) in [6.45, 7) is 2.86. The minimum absolute atomic E-state index is 0.557. The van der Waals surface area contributed by atoms with Crippen LogP contribution in [0.4, 0.5) is 0 Å². The molecule has 1 unspecified atom stereocenters. The number of halogens is 1. The monoisotopic (exact) mass is 341 g/mol. The van der Waals surface area contributed by atoms with E-state index >= 15 is 0 Å². The van der Waals surface area contributed by atoms with Gasteiger partial charge in [-0.3, -0.25) is 0 Å². The van der Waals surface area contributed by atoms with Crippen LogP contribution in [0.25, 0.3) is 0 Å². The van der Waals surface area contributed by atoms with Gasteiger partial charge < -0.3 is 5.11 Å².